The molecule has 2 aliphatic rings. The molecule has 2 fully saturated rings. The second-order valence-corrected chi connectivity index (χ2v) is 7.22. The first-order valence-corrected chi connectivity index (χ1v) is 9.98. The normalized spacial score (nSPS) is 21.8. The van der Waals surface area contributed by atoms with Crippen LogP contribution < -0.4 is 0 Å². The number of carbonyl (C=O) groups is 2. The zero-order chi connectivity index (χ0) is 19.1. The summed E-state index contributed by atoms with van der Waals surface area (Å²) < 4.78 is 5.16. The van der Waals surface area contributed by atoms with Crippen molar-refractivity contribution in [3.05, 3.63) is 30.1 Å². The average molecular weight is 374 g/mol. The number of piperazine rings is 1. The molecule has 7 nitrogen and oxygen atoms in total. The summed E-state index contributed by atoms with van der Waals surface area (Å²) in [6.07, 6.45) is 4.46. The van der Waals surface area contributed by atoms with Crippen LogP contribution in [0.2, 0.25) is 0 Å². The zero-order valence-electron chi connectivity index (χ0n) is 16.2. The van der Waals surface area contributed by atoms with Gasteiger partial charge >= 0.3 is 5.97 Å². The van der Waals surface area contributed by atoms with Crippen LogP contribution in [0.5, 0.6) is 0 Å². The molecule has 0 saturated carbocycles. The summed E-state index contributed by atoms with van der Waals surface area (Å²) in [4.78, 5) is 35.7. The highest BCUT2D eigenvalue weighted by Crippen LogP contribution is 2.19. The molecule has 2 aliphatic heterocycles. The largest absolute Gasteiger partial charge is 0.464 e. The smallest absolute Gasteiger partial charge is 0.328 e. The molecule has 0 aliphatic carbocycles. The van der Waals surface area contributed by atoms with Crippen molar-refractivity contribution in [3.8, 4) is 0 Å². The molecule has 0 radical (unpaired) electrons. The van der Waals surface area contributed by atoms with Gasteiger partial charge in [-0.1, -0.05) is 6.07 Å². The van der Waals surface area contributed by atoms with Gasteiger partial charge in [0.05, 0.1) is 18.8 Å². The van der Waals surface area contributed by atoms with E-state index in [2.05, 4.69) is 14.8 Å². The zero-order valence-corrected chi connectivity index (χ0v) is 16.2. The summed E-state index contributed by atoms with van der Waals surface area (Å²) in [5.41, 5.74) is 1.08. The number of piperidine rings is 1. The molecule has 148 valence electrons. The minimum Gasteiger partial charge on any atom is -0.464 e. The summed E-state index contributed by atoms with van der Waals surface area (Å²) in [6, 6.07) is 5.58. The number of pyridine rings is 1. The number of carbonyl (C=O) groups excluding carboxylic acids is 2. The molecule has 0 aromatic carbocycles. The van der Waals surface area contributed by atoms with Gasteiger partial charge in [0, 0.05) is 45.5 Å². The predicted molar refractivity (Wildman–Crippen MR) is 102 cm³/mol. The Morgan fingerprint density at radius 2 is 1.89 bits per heavy atom. The third-order valence-corrected chi connectivity index (χ3v) is 5.32. The third kappa shape index (κ3) is 5.49. The van der Waals surface area contributed by atoms with Gasteiger partial charge in [0.15, 0.2) is 0 Å². The molecule has 1 unspecified atom stereocenters. The Morgan fingerprint density at radius 1 is 1.11 bits per heavy atom. The maximum absolute atomic E-state index is 12.8. The van der Waals surface area contributed by atoms with Crippen molar-refractivity contribution in [2.45, 2.75) is 38.8 Å². The quantitative estimate of drug-likeness (QED) is 0.696. The van der Waals surface area contributed by atoms with Crippen LogP contribution in [-0.2, 0) is 20.9 Å². The van der Waals surface area contributed by atoms with Crippen molar-refractivity contribution in [2.24, 2.45) is 0 Å². The van der Waals surface area contributed by atoms with Crippen LogP contribution in [0.25, 0.3) is 0 Å². The fourth-order valence-corrected chi connectivity index (χ4v) is 3.82. The first-order valence-electron chi connectivity index (χ1n) is 9.98. The molecule has 1 aromatic rings. The van der Waals surface area contributed by atoms with Gasteiger partial charge in [0.25, 0.3) is 0 Å². The standard InChI is InChI=1S/C20H30N4O3/c1-2-27-20(26)18-8-4-6-10-24(18)19(25)16-23-13-11-22(12-14-23)15-17-7-3-5-9-21-17/h3,5,7,9,18H,2,4,6,8,10-16H2,1H3. The second-order valence-electron chi connectivity index (χ2n) is 7.22. The molecule has 1 amide bonds. The number of hydrogen-bond acceptors (Lipinski definition) is 6. The molecule has 0 spiro atoms. The average Bonchev–Trinajstić information content (AvgIpc) is 2.70. The van der Waals surface area contributed by atoms with Gasteiger partial charge in [-0.15, -0.1) is 0 Å². The maximum Gasteiger partial charge on any atom is 0.328 e. The van der Waals surface area contributed by atoms with Crippen molar-refractivity contribution in [3.63, 3.8) is 0 Å². The first kappa shape index (κ1) is 19.8. The Kier molecular flexibility index (Phi) is 7.18. The van der Waals surface area contributed by atoms with Crippen molar-refractivity contribution in [2.75, 3.05) is 45.9 Å². The van der Waals surface area contributed by atoms with E-state index in [9.17, 15) is 9.59 Å². The highest BCUT2D eigenvalue weighted by molar-refractivity contribution is 5.85. The molecule has 1 atom stereocenters. The van der Waals surface area contributed by atoms with E-state index in [1.807, 2.05) is 24.4 Å². The van der Waals surface area contributed by atoms with Crippen LogP contribution >= 0.6 is 0 Å². The number of amides is 1. The molecule has 0 N–H and O–H groups in total. The molecule has 1 aromatic heterocycles. The predicted octanol–water partition coefficient (Wildman–Crippen LogP) is 1.14. The van der Waals surface area contributed by atoms with Crippen LogP contribution in [-0.4, -0.2) is 83.5 Å². The Labute approximate surface area is 161 Å². The molecule has 3 heterocycles. The molecule has 0 bridgehead atoms. The summed E-state index contributed by atoms with van der Waals surface area (Å²) >= 11 is 0. The number of ether oxygens (including phenoxy) is 1. The van der Waals surface area contributed by atoms with E-state index in [4.69, 9.17) is 4.74 Å². The highest BCUT2D eigenvalue weighted by atomic mass is 16.5. The summed E-state index contributed by atoms with van der Waals surface area (Å²) in [5.74, 6) is -0.211. The van der Waals surface area contributed by atoms with Crippen LogP contribution in [0.4, 0.5) is 0 Å². The molecule has 7 heteroatoms. The Morgan fingerprint density at radius 3 is 2.59 bits per heavy atom. The molecular weight excluding hydrogens is 344 g/mol. The number of likely N-dealkylation sites (tertiary alicyclic amines) is 1. The van der Waals surface area contributed by atoms with Crippen LogP contribution in [0.1, 0.15) is 31.9 Å². The van der Waals surface area contributed by atoms with Gasteiger partial charge < -0.3 is 9.64 Å². The third-order valence-electron chi connectivity index (χ3n) is 5.32. The Balaban J connectivity index is 1.47. The first-order chi connectivity index (χ1) is 13.2. The number of rotatable bonds is 6. The fourth-order valence-electron chi connectivity index (χ4n) is 3.82. The molecular formula is C20H30N4O3. The van der Waals surface area contributed by atoms with Crippen LogP contribution in [0.15, 0.2) is 24.4 Å². The van der Waals surface area contributed by atoms with E-state index in [1.165, 1.54) is 0 Å². The van der Waals surface area contributed by atoms with Gasteiger partial charge in [-0.3, -0.25) is 19.6 Å². The Bertz CT molecular complexity index is 617. The van der Waals surface area contributed by atoms with Gasteiger partial charge in [-0.2, -0.15) is 0 Å². The molecule has 2 saturated heterocycles. The SMILES string of the molecule is CCOC(=O)C1CCCCN1C(=O)CN1CCN(Cc2ccccn2)CC1. The minimum atomic E-state index is -0.406. The second kappa shape index (κ2) is 9.80. The Hall–Kier alpha value is -1.99. The summed E-state index contributed by atoms with van der Waals surface area (Å²) in [5, 5.41) is 0. The number of aromatic nitrogens is 1. The van der Waals surface area contributed by atoms with Crippen molar-refractivity contribution >= 4 is 11.9 Å². The van der Waals surface area contributed by atoms with Gasteiger partial charge in [-0.25, -0.2) is 4.79 Å². The monoisotopic (exact) mass is 374 g/mol. The number of nitrogens with zero attached hydrogens (tertiary/aromatic N) is 4. The van der Waals surface area contributed by atoms with E-state index in [1.54, 1.807) is 11.8 Å². The van der Waals surface area contributed by atoms with E-state index in [0.717, 1.165) is 51.3 Å². The topological polar surface area (TPSA) is 66.0 Å². The van der Waals surface area contributed by atoms with E-state index in [0.29, 0.717) is 26.1 Å². The van der Waals surface area contributed by atoms with Gasteiger partial charge in [0.2, 0.25) is 5.91 Å². The van der Waals surface area contributed by atoms with Gasteiger partial charge in [0.1, 0.15) is 6.04 Å². The minimum absolute atomic E-state index is 0.0472. The molecule has 3 rings (SSSR count). The number of hydrogen-bond donors (Lipinski definition) is 0. The van der Waals surface area contributed by atoms with E-state index in [-0.39, 0.29) is 11.9 Å². The summed E-state index contributed by atoms with van der Waals surface area (Å²) in [6.45, 7) is 7.60. The summed E-state index contributed by atoms with van der Waals surface area (Å²) in [7, 11) is 0. The van der Waals surface area contributed by atoms with Crippen LogP contribution in [0.3, 0.4) is 0 Å². The molecule has 27 heavy (non-hydrogen) atoms. The number of esters is 1. The maximum atomic E-state index is 12.8. The van der Waals surface area contributed by atoms with Crippen molar-refractivity contribution in [1.82, 2.24) is 19.7 Å². The van der Waals surface area contributed by atoms with Crippen LogP contribution in [0, 0.1) is 0 Å². The van der Waals surface area contributed by atoms with Gasteiger partial charge in [-0.05, 0) is 38.3 Å². The lowest BCUT2D eigenvalue weighted by Gasteiger charge is -2.38. The van der Waals surface area contributed by atoms with Crippen molar-refractivity contribution < 1.29 is 14.3 Å². The lowest BCUT2D eigenvalue weighted by atomic mass is 10.0. The van der Waals surface area contributed by atoms with E-state index < -0.39 is 6.04 Å². The lowest BCUT2D eigenvalue weighted by molar-refractivity contribution is -0.157. The van der Waals surface area contributed by atoms with Crippen molar-refractivity contribution in [1.29, 1.82) is 0 Å². The lowest BCUT2D eigenvalue weighted by Crippen LogP contribution is -2.54. The fraction of sp³-hybridized carbons (Fsp3) is 0.650. The highest BCUT2D eigenvalue weighted by Gasteiger charge is 2.34. The van der Waals surface area contributed by atoms with E-state index >= 15 is 0 Å².